The van der Waals surface area contributed by atoms with E-state index in [1.54, 1.807) is 49.7 Å². The molecule has 13 heteroatoms. The molecule has 0 spiro atoms. The Labute approximate surface area is 321 Å². The van der Waals surface area contributed by atoms with Crippen molar-refractivity contribution in [1.29, 1.82) is 0 Å². The van der Waals surface area contributed by atoms with Gasteiger partial charge in [-0.15, -0.1) is 0 Å². The average molecular weight is 761 g/mol. The maximum absolute atomic E-state index is 14.8. The van der Waals surface area contributed by atoms with Crippen molar-refractivity contribution < 1.29 is 19.8 Å². The minimum atomic E-state index is -1.36. The van der Waals surface area contributed by atoms with Crippen LogP contribution in [0.3, 0.4) is 0 Å². The fraction of sp³-hybridized carbons (Fsp3) is 0.244. The molecule has 4 N–H and O–H groups in total. The van der Waals surface area contributed by atoms with Crippen LogP contribution in [0.1, 0.15) is 70.2 Å². The molecular weight excluding hydrogens is 721 g/mol. The van der Waals surface area contributed by atoms with Crippen LogP contribution < -0.4 is 25.9 Å². The number of hydrogen-bond donors (Lipinski definition) is 4. The van der Waals surface area contributed by atoms with Gasteiger partial charge < -0.3 is 24.4 Å². The number of likely N-dealkylation sites (tertiary alicyclic amines) is 1. The summed E-state index contributed by atoms with van der Waals surface area (Å²) >= 11 is 11.1. The lowest BCUT2D eigenvalue weighted by Crippen LogP contribution is -3.11. The first kappa shape index (κ1) is 36.7. The third kappa shape index (κ3) is 6.81. The van der Waals surface area contributed by atoms with Crippen LogP contribution in [0.15, 0.2) is 101 Å². The van der Waals surface area contributed by atoms with Crippen molar-refractivity contribution in [3.05, 3.63) is 160 Å². The number of nitrogens with one attached hydrogen (secondary N) is 3. The van der Waals surface area contributed by atoms with Gasteiger partial charge in [0.05, 0.1) is 30.8 Å². The predicted octanol–water partition coefficient (Wildman–Crippen LogP) is 5.39. The molecule has 0 bridgehead atoms. The lowest BCUT2D eigenvalue weighted by Gasteiger charge is -2.33. The molecule has 0 amide bonds. The third-order valence-electron chi connectivity index (χ3n) is 10.4. The largest absolute Gasteiger partial charge is 0.859 e. The number of quaternary nitrogens is 1. The molecule has 3 atom stereocenters. The molecule has 3 aromatic heterocycles. The number of rotatable bonds is 9. The molecule has 7 rings (SSSR count). The van der Waals surface area contributed by atoms with E-state index in [1.165, 1.54) is 14.0 Å². The number of benzene rings is 3. The predicted molar refractivity (Wildman–Crippen MR) is 209 cm³/mol. The Kier molecular flexibility index (Phi) is 10.5. The Balaban J connectivity index is 1.49. The second-order valence-electron chi connectivity index (χ2n) is 13.6. The molecule has 1 saturated heterocycles. The molecule has 276 valence electrons. The molecule has 0 saturated carbocycles. The van der Waals surface area contributed by atoms with Gasteiger partial charge in [-0.2, -0.15) is 0 Å². The molecule has 0 aliphatic carbocycles. The van der Waals surface area contributed by atoms with Crippen LogP contribution in [0.2, 0.25) is 0 Å². The molecule has 3 unspecified atom stereocenters. The van der Waals surface area contributed by atoms with Crippen LogP contribution in [0, 0.1) is 23.4 Å². The molecular formula is C41H40N6O5S2. The van der Waals surface area contributed by atoms with E-state index in [9.17, 15) is 19.8 Å². The third-order valence-corrected chi connectivity index (χ3v) is 11.0. The van der Waals surface area contributed by atoms with Gasteiger partial charge in [0.15, 0.2) is 9.54 Å². The van der Waals surface area contributed by atoms with Crippen LogP contribution >= 0.6 is 24.4 Å². The molecule has 3 aromatic carbocycles. The Morgan fingerprint density at radius 3 is 2.20 bits per heavy atom. The number of hydrogen-bond acceptors (Lipinski definition) is 8. The van der Waals surface area contributed by atoms with Crippen LogP contribution in [0.4, 0.5) is 0 Å². The van der Waals surface area contributed by atoms with Gasteiger partial charge in [0.25, 0.3) is 11.1 Å². The monoisotopic (exact) mass is 760 g/mol. The van der Waals surface area contributed by atoms with Gasteiger partial charge in [0, 0.05) is 41.2 Å². The van der Waals surface area contributed by atoms with Crippen molar-refractivity contribution in [2.24, 2.45) is 0 Å². The first-order chi connectivity index (χ1) is 26.1. The van der Waals surface area contributed by atoms with Crippen LogP contribution in [0.5, 0.6) is 17.5 Å². The average Bonchev–Trinajstić information content (AvgIpc) is 3.16. The van der Waals surface area contributed by atoms with Crippen molar-refractivity contribution in [3.8, 4) is 28.9 Å². The number of aromatic amines is 2. The van der Waals surface area contributed by atoms with Gasteiger partial charge in [-0.25, -0.2) is 0 Å². The molecule has 1 aliphatic heterocycles. The molecule has 0 radical (unpaired) electrons. The van der Waals surface area contributed by atoms with Crippen LogP contribution in [-0.2, 0) is 6.54 Å². The maximum atomic E-state index is 14.8. The number of methoxy groups -OCH3 is 1. The minimum absolute atomic E-state index is 0.0491. The lowest BCUT2D eigenvalue weighted by atomic mass is 9.85. The van der Waals surface area contributed by atoms with E-state index in [1.807, 2.05) is 56.4 Å². The number of piperidine rings is 1. The zero-order valence-corrected chi connectivity index (χ0v) is 31.7. The standard InChI is InChI=1S/C41H40N6O5S2/c1-24-11-4-6-14-29(24)46-38(50)34(36(48)43-40(46)53)33(35-37(49)44-41(54)47(39(35)51)30-15-7-5-12-25(30)2)26-17-18-32(52-3)28(21-26)23-45-20-9-8-16-31(45)27-13-10-19-42-22-27/h4-7,10-15,17-19,21-22,31,33,50-51H,8-9,16,20,23H2,1-3H3,(H,43,48,53)(H,44,49,54). The number of ether oxygens (including phenoxy) is 1. The van der Waals surface area contributed by atoms with E-state index < -0.39 is 28.8 Å². The van der Waals surface area contributed by atoms with Crippen LogP contribution in [0.25, 0.3) is 11.4 Å². The summed E-state index contributed by atoms with van der Waals surface area (Å²) < 4.78 is 8.34. The Morgan fingerprint density at radius 1 is 0.907 bits per heavy atom. The van der Waals surface area contributed by atoms with Crippen molar-refractivity contribution in [1.82, 2.24) is 24.1 Å². The molecule has 1 fully saturated rings. The Bertz CT molecular complexity index is 2470. The number of nitrogens with zero attached hydrogens (tertiary/aromatic N) is 3. The number of H-pyrrole nitrogens is 2. The quantitative estimate of drug-likeness (QED) is 0.144. The second kappa shape index (κ2) is 15.4. The van der Waals surface area contributed by atoms with Gasteiger partial charge in [0.1, 0.15) is 18.3 Å². The van der Waals surface area contributed by atoms with Gasteiger partial charge in [-0.1, -0.05) is 48.5 Å². The van der Waals surface area contributed by atoms with E-state index in [0.29, 0.717) is 29.2 Å². The van der Waals surface area contributed by atoms with E-state index in [0.717, 1.165) is 48.1 Å². The summed E-state index contributed by atoms with van der Waals surface area (Å²) in [6.45, 7) is 5.15. The topological polar surface area (TPSA) is 145 Å². The highest BCUT2D eigenvalue weighted by molar-refractivity contribution is 7.71. The van der Waals surface area contributed by atoms with Crippen LogP contribution in [-0.4, -0.2) is 42.8 Å². The summed E-state index contributed by atoms with van der Waals surface area (Å²) in [4.78, 5) is 39.4. The zero-order valence-electron chi connectivity index (χ0n) is 30.1. The Hall–Kier alpha value is -5.63. The normalized spacial score (nSPS) is 16.2. The SMILES string of the molecule is COc1ccc(C(c2c([O-])n(-c3ccccc3C)c(=S)[nH]c2=O)c2c(O)n(-c3ccccc3C)c(=S)[nH]c2=O)cc1C[NH+]1CCCCC1c1cccnc1. The van der Waals surface area contributed by atoms with Crippen molar-refractivity contribution >= 4 is 24.4 Å². The Morgan fingerprint density at radius 2 is 1.56 bits per heavy atom. The minimum Gasteiger partial charge on any atom is -0.859 e. The van der Waals surface area contributed by atoms with Crippen molar-refractivity contribution in [2.75, 3.05) is 13.7 Å². The smallest absolute Gasteiger partial charge is 0.259 e. The summed E-state index contributed by atoms with van der Waals surface area (Å²) in [7, 11) is 1.60. The van der Waals surface area contributed by atoms with Gasteiger partial charge >= 0.3 is 0 Å². The number of pyridine rings is 1. The molecule has 1 aliphatic rings. The second-order valence-corrected chi connectivity index (χ2v) is 14.4. The highest BCUT2D eigenvalue weighted by atomic mass is 32.1. The van der Waals surface area contributed by atoms with Crippen molar-refractivity contribution in [3.63, 3.8) is 0 Å². The molecule has 6 aromatic rings. The number of para-hydroxylation sites is 2. The highest BCUT2D eigenvalue weighted by Gasteiger charge is 2.33. The molecule has 4 heterocycles. The van der Waals surface area contributed by atoms with Gasteiger partial charge in [-0.3, -0.25) is 29.1 Å². The maximum Gasteiger partial charge on any atom is 0.259 e. The number of aryl methyl sites for hydroxylation is 2. The van der Waals surface area contributed by atoms with E-state index in [4.69, 9.17) is 29.2 Å². The van der Waals surface area contributed by atoms with Gasteiger partial charge in [0.2, 0.25) is 5.88 Å². The summed E-state index contributed by atoms with van der Waals surface area (Å²) in [6, 6.07) is 24.0. The van der Waals surface area contributed by atoms with E-state index in [-0.39, 0.29) is 26.7 Å². The summed E-state index contributed by atoms with van der Waals surface area (Å²) in [5, 5.41) is 27.0. The summed E-state index contributed by atoms with van der Waals surface area (Å²) in [5.41, 5.74) is 2.85. The molecule has 11 nitrogen and oxygen atoms in total. The van der Waals surface area contributed by atoms with E-state index >= 15 is 0 Å². The molecule has 54 heavy (non-hydrogen) atoms. The van der Waals surface area contributed by atoms with Gasteiger partial charge in [-0.05, 0) is 104 Å². The summed E-state index contributed by atoms with van der Waals surface area (Å²) in [6.07, 6.45) is 6.81. The van der Waals surface area contributed by atoms with E-state index in [2.05, 4.69) is 21.0 Å². The first-order valence-electron chi connectivity index (χ1n) is 17.8. The first-order valence-corrected chi connectivity index (χ1v) is 18.6. The van der Waals surface area contributed by atoms with Crippen molar-refractivity contribution in [2.45, 2.75) is 51.6 Å². The highest BCUT2D eigenvalue weighted by Crippen LogP contribution is 2.39. The number of aromatic hydroxyl groups is 1. The fourth-order valence-corrected chi connectivity index (χ4v) is 8.32. The lowest BCUT2D eigenvalue weighted by molar-refractivity contribution is -0.950. The summed E-state index contributed by atoms with van der Waals surface area (Å²) in [5.74, 6) is -1.97. The number of aromatic nitrogens is 5. The zero-order chi connectivity index (χ0) is 38.1. The fourth-order valence-electron chi connectivity index (χ4n) is 7.77.